The van der Waals surface area contributed by atoms with Crippen molar-refractivity contribution in [1.82, 2.24) is 15.4 Å². The standard InChI is InChI=1S/C13H20N4O3S.ClH/c1-9-5-11(16-20-9)15-12(18)7-17(2)13(19)6-10-8-21-4-3-14-10;/h5,10,14H,3-4,6-8H2,1-2H3,(H,15,16,18);1H. The molecule has 124 valence electrons. The third kappa shape index (κ3) is 5.86. The first-order chi connectivity index (χ1) is 10.0. The van der Waals surface area contributed by atoms with Gasteiger partial charge in [-0.05, 0) is 6.92 Å². The maximum atomic E-state index is 12.1. The zero-order chi connectivity index (χ0) is 15.2. The van der Waals surface area contributed by atoms with Gasteiger partial charge < -0.3 is 20.1 Å². The lowest BCUT2D eigenvalue weighted by atomic mass is 10.2. The van der Waals surface area contributed by atoms with E-state index in [1.54, 1.807) is 20.0 Å². The van der Waals surface area contributed by atoms with Crippen LogP contribution in [0.25, 0.3) is 0 Å². The number of hydrogen-bond donors (Lipinski definition) is 2. The topological polar surface area (TPSA) is 87.5 Å². The van der Waals surface area contributed by atoms with Crippen LogP contribution in [0.15, 0.2) is 10.6 Å². The molecule has 1 unspecified atom stereocenters. The maximum absolute atomic E-state index is 12.1. The molecule has 2 heterocycles. The number of halogens is 1. The zero-order valence-electron chi connectivity index (χ0n) is 12.6. The highest BCUT2D eigenvalue weighted by molar-refractivity contribution is 7.99. The van der Waals surface area contributed by atoms with Crippen molar-refractivity contribution >= 4 is 41.8 Å². The van der Waals surface area contributed by atoms with E-state index in [4.69, 9.17) is 4.52 Å². The van der Waals surface area contributed by atoms with Gasteiger partial charge in [0.25, 0.3) is 0 Å². The first-order valence-electron chi connectivity index (χ1n) is 6.83. The minimum Gasteiger partial charge on any atom is -0.360 e. The van der Waals surface area contributed by atoms with Crippen molar-refractivity contribution in [2.45, 2.75) is 19.4 Å². The van der Waals surface area contributed by atoms with Gasteiger partial charge in [0.15, 0.2) is 5.82 Å². The van der Waals surface area contributed by atoms with Gasteiger partial charge in [-0.25, -0.2) is 0 Å². The van der Waals surface area contributed by atoms with Crippen LogP contribution in [0.3, 0.4) is 0 Å². The van der Waals surface area contributed by atoms with Gasteiger partial charge in [-0.15, -0.1) is 12.4 Å². The molecule has 0 aromatic carbocycles. The number of rotatable bonds is 5. The smallest absolute Gasteiger partial charge is 0.245 e. The third-order valence-electron chi connectivity index (χ3n) is 3.12. The molecule has 0 radical (unpaired) electrons. The van der Waals surface area contributed by atoms with Crippen molar-refractivity contribution in [1.29, 1.82) is 0 Å². The fourth-order valence-corrected chi connectivity index (χ4v) is 2.98. The summed E-state index contributed by atoms with van der Waals surface area (Å²) in [6, 6.07) is 1.82. The van der Waals surface area contributed by atoms with Gasteiger partial charge in [0, 0.05) is 43.6 Å². The minimum atomic E-state index is -0.287. The number of hydrogen-bond acceptors (Lipinski definition) is 6. The molecule has 1 aromatic rings. The Labute approximate surface area is 139 Å². The van der Waals surface area contributed by atoms with E-state index >= 15 is 0 Å². The van der Waals surface area contributed by atoms with Gasteiger partial charge >= 0.3 is 0 Å². The van der Waals surface area contributed by atoms with Crippen LogP contribution < -0.4 is 10.6 Å². The summed E-state index contributed by atoms with van der Waals surface area (Å²) >= 11 is 1.84. The zero-order valence-corrected chi connectivity index (χ0v) is 14.3. The molecule has 1 aromatic heterocycles. The molecule has 0 bridgehead atoms. The Balaban J connectivity index is 0.00000242. The molecule has 2 amide bonds. The largest absolute Gasteiger partial charge is 0.360 e. The predicted octanol–water partition coefficient (Wildman–Crippen LogP) is 0.897. The number of amides is 2. The summed E-state index contributed by atoms with van der Waals surface area (Å²) in [4.78, 5) is 25.3. The molecule has 1 atom stereocenters. The summed E-state index contributed by atoms with van der Waals surface area (Å²) in [6.07, 6.45) is 0.417. The van der Waals surface area contributed by atoms with Gasteiger partial charge in [-0.1, -0.05) is 5.16 Å². The van der Waals surface area contributed by atoms with E-state index in [0.29, 0.717) is 18.0 Å². The molecule has 0 aliphatic carbocycles. The lowest BCUT2D eigenvalue weighted by molar-refractivity contribution is -0.133. The molecule has 22 heavy (non-hydrogen) atoms. The Kier molecular flexibility index (Phi) is 7.70. The molecular weight excluding hydrogens is 328 g/mol. The second-order valence-electron chi connectivity index (χ2n) is 5.05. The van der Waals surface area contributed by atoms with Crippen LogP contribution in [0.4, 0.5) is 5.82 Å². The van der Waals surface area contributed by atoms with E-state index in [-0.39, 0.29) is 36.8 Å². The Bertz CT molecular complexity index is 505. The number of aryl methyl sites for hydroxylation is 1. The molecular formula is C13H21ClN4O3S. The van der Waals surface area contributed by atoms with Crippen LogP contribution in [0, 0.1) is 6.92 Å². The number of carbonyl (C=O) groups is 2. The molecule has 1 aliphatic heterocycles. The second kappa shape index (κ2) is 9.02. The number of aromatic nitrogens is 1. The van der Waals surface area contributed by atoms with E-state index in [1.165, 1.54) is 4.90 Å². The molecule has 1 saturated heterocycles. The summed E-state index contributed by atoms with van der Waals surface area (Å²) < 4.78 is 4.86. The van der Waals surface area contributed by atoms with Crippen molar-refractivity contribution in [2.75, 3.05) is 37.0 Å². The molecule has 0 spiro atoms. The highest BCUT2D eigenvalue weighted by Gasteiger charge is 2.20. The lowest BCUT2D eigenvalue weighted by Gasteiger charge is -2.25. The minimum absolute atomic E-state index is 0. The van der Waals surface area contributed by atoms with Crippen LogP contribution in [0.2, 0.25) is 0 Å². The Morgan fingerprint density at radius 2 is 2.36 bits per heavy atom. The number of likely N-dealkylation sites (N-methyl/N-ethyl adjacent to an activating group) is 1. The third-order valence-corrected chi connectivity index (χ3v) is 4.25. The highest BCUT2D eigenvalue weighted by atomic mass is 35.5. The van der Waals surface area contributed by atoms with Crippen LogP contribution in [0.1, 0.15) is 12.2 Å². The quantitative estimate of drug-likeness (QED) is 0.822. The number of carbonyl (C=O) groups excluding carboxylic acids is 2. The van der Waals surface area contributed by atoms with Gasteiger partial charge in [0.05, 0.1) is 6.54 Å². The van der Waals surface area contributed by atoms with Crippen molar-refractivity contribution < 1.29 is 14.1 Å². The average Bonchev–Trinajstić information content (AvgIpc) is 2.84. The summed E-state index contributed by atoms with van der Waals surface area (Å²) in [5.74, 6) is 2.68. The summed E-state index contributed by atoms with van der Waals surface area (Å²) in [5, 5.41) is 9.58. The van der Waals surface area contributed by atoms with E-state index in [1.807, 2.05) is 11.8 Å². The maximum Gasteiger partial charge on any atom is 0.245 e. The SMILES string of the molecule is Cc1cc(NC(=O)CN(C)C(=O)CC2CSCCN2)no1.Cl. The van der Waals surface area contributed by atoms with Crippen molar-refractivity contribution in [3.8, 4) is 0 Å². The Morgan fingerprint density at radius 1 is 1.59 bits per heavy atom. The molecule has 9 heteroatoms. The number of nitrogens with one attached hydrogen (secondary N) is 2. The van der Waals surface area contributed by atoms with Gasteiger partial charge in [-0.3, -0.25) is 9.59 Å². The molecule has 2 N–H and O–H groups in total. The summed E-state index contributed by atoms with van der Waals surface area (Å²) in [7, 11) is 1.63. The number of thioether (sulfide) groups is 1. The van der Waals surface area contributed by atoms with E-state index in [2.05, 4.69) is 15.8 Å². The summed E-state index contributed by atoms with van der Waals surface area (Å²) in [6.45, 7) is 2.68. The van der Waals surface area contributed by atoms with Crippen LogP contribution >= 0.6 is 24.2 Å². The fourth-order valence-electron chi connectivity index (χ4n) is 2.03. The first kappa shape index (κ1) is 18.8. The van der Waals surface area contributed by atoms with Crippen molar-refractivity contribution in [2.24, 2.45) is 0 Å². The molecule has 2 rings (SSSR count). The predicted molar refractivity (Wildman–Crippen MR) is 88.5 cm³/mol. The van der Waals surface area contributed by atoms with Gasteiger partial charge in [0.1, 0.15) is 5.76 Å². The Hall–Kier alpha value is -1.25. The first-order valence-corrected chi connectivity index (χ1v) is 7.98. The monoisotopic (exact) mass is 348 g/mol. The average molecular weight is 349 g/mol. The van der Waals surface area contributed by atoms with E-state index < -0.39 is 0 Å². The molecule has 1 aliphatic rings. The van der Waals surface area contributed by atoms with Gasteiger partial charge in [-0.2, -0.15) is 11.8 Å². The number of anilines is 1. The fraction of sp³-hybridized carbons (Fsp3) is 0.615. The summed E-state index contributed by atoms with van der Waals surface area (Å²) in [5.41, 5.74) is 0. The normalized spacial score (nSPS) is 17.5. The second-order valence-corrected chi connectivity index (χ2v) is 6.20. The van der Waals surface area contributed by atoms with E-state index in [9.17, 15) is 9.59 Å². The van der Waals surface area contributed by atoms with Crippen LogP contribution in [-0.2, 0) is 9.59 Å². The molecule has 7 nitrogen and oxygen atoms in total. The lowest BCUT2D eigenvalue weighted by Crippen LogP contribution is -2.43. The van der Waals surface area contributed by atoms with Gasteiger partial charge in [0.2, 0.25) is 11.8 Å². The van der Waals surface area contributed by atoms with Crippen LogP contribution in [-0.4, -0.2) is 59.6 Å². The Morgan fingerprint density at radius 3 is 2.95 bits per heavy atom. The van der Waals surface area contributed by atoms with E-state index in [0.717, 1.165) is 18.1 Å². The van der Waals surface area contributed by atoms with Crippen LogP contribution in [0.5, 0.6) is 0 Å². The van der Waals surface area contributed by atoms with Crippen molar-refractivity contribution in [3.63, 3.8) is 0 Å². The molecule has 0 saturated carbocycles. The molecule has 1 fully saturated rings. The van der Waals surface area contributed by atoms with Crippen molar-refractivity contribution in [3.05, 3.63) is 11.8 Å². The number of nitrogens with zero attached hydrogens (tertiary/aromatic N) is 2. The highest BCUT2D eigenvalue weighted by Crippen LogP contribution is 2.11.